The van der Waals surface area contributed by atoms with Crippen molar-refractivity contribution in [1.82, 2.24) is 9.88 Å². The minimum atomic E-state index is -0.384. The Bertz CT molecular complexity index is 880. The molecular formula is C19H15N3O2. The van der Waals surface area contributed by atoms with Crippen molar-refractivity contribution in [2.45, 2.75) is 18.9 Å². The fourth-order valence-corrected chi connectivity index (χ4v) is 3.10. The molecular weight excluding hydrogens is 302 g/mol. The monoisotopic (exact) mass is 317 g/mol. The zero-order chi connectivity index (χ0) is 16.5. The molecule has 1 aromatic heterocycles. The van der Waals surface area contributed by atoms with E-state index in [0.717, 1.165) is 12.0 Å². The van der Waals surface area contributed by atoms with E-state index < -0.39 is 0 Å². The Kier molecular flexibility index (Phi) is 3.51. The molecule has 2 aliphatic rings. The predicted molar refractivity (Wildman–Crippen MR) is 89.3 cm³/mol. The average Bonchev–Trinajstić information content (AvgIpc) is 3.08. The molecule has 2 aliphatic heterocycles. The number of pyridine rings is 1. The maximum atomic E-state index is 12.7. The number of hydrogen-bond donors (Lipinski definition) is 1. The Hall–Kier alpha value is -3.13. The second-order valence-corrected chi connectivity index (χ2v) is 5.88. The number of carbonyl (C=O) groups is 2. The molecule has 1 atom stereocenters. The first-order chi connectivity index (χ1) is 11.7. The summed E-state index contributed by atoms with van der Waals surface area (Å²) < 4.78 is 0. The second kappa shape index (κ2) is 5.82. The first-order valence-corrected chi connectivity index (χ1v) is 7.91. The number of anilines is 1. The maximum absolute atomic E-state index is 12.7. The van der Waals surface area contributed by atoms with Crippen molar-refractivity contribution in [1.29, 1.82) is 0 Å². The summed E-state index contributed by atoms with van der Waals surface area (Å²) in [5.41, 5.74) is 1.96. The molecule has 1 fully saturated rings. The Labute approximate surface area is 139 Å². The summed E-state index contributed by atoms with van der Waals surface area (Å²) in [6.07, 6.45) is 3.13. The van der Waals surface area contributed by atoms with Gasteiger partial charge < -0.3 is 10.2 Å². The first-order valence-electron chi connectivity index (χ1n) is 7.91. The van der Waals surface area contributed by atoms with E-state index in [1.165, 1.54) is 0 Å². The number of carbonyl (C=O) groups excluding carboxylic acids is 2. The van der Waals surface area contributed by atoms with E-state index in [1.54, 1.807) is 17.2 Å². The van der Waals surface area contributed by atoms with E-state index in [-0.39, 0.29) is 17.9 Å². The Morgan fingerprint density at radius 3 is 2.75 bits per heavy atom. The van der Waals surface area contributed by atoms with Gasteiger partial charge in [0.1, 0.15) is 11.9 Å². The van der Waals surface area contributed by atoms with Crippen LogP contribution < -0.4 is 5.32 Å². The van der Waals surface area contributed by atoms with Crippen molar-refractivity contribution in [3.63, 3.8) is 0 Å². The molecule has 0 unspecified atom stereocenters. The lowest BCUT2D eigenvalue weighted by Gasteiger charge is -2.19. The lowest BCUT2D eigenvalue weighted by atomic mass is 10.1. The first kappa shape index (κ1) is 14.5. The minimum absolute atomic E-state index is 0.151. The van der Waals surface area contributed by atoms with Gasteiger partial charge >= 0.3 is 0 Å². The van der Waals surface area contributed by atoms with Crippen LogP contribution in [0.5, 0.6) is 0 Å². The second-order valence-electron chi connectivity index (χ2n) is 5.88. The van der Waals surface area contributed by atoms with Crippen molar-refractivity contribution in [3.05, 3.63) is 59.3 Å². The molecule has 1 aromatic carbocycles. The zero-order valence-corrected chi connectivity index (χ0v) is 13.0. The van der Waals surface area contributed by atoms with Crippen LogP contribution in [0, 0.1) is 11.8 Å². The van der Waals surface area contributed by atoms with Gasteiger partial charge in [0, 0.05) is 23.9 Å². The van der Waals surface area contributed by atoms with Crippen LogP contribution in [0.4, 0.5) is 5.82 Å². The summed E-state index contributed by atoms with van der Waals surface area (Å²) in [5.74, 6) is 6.09. The van der Waals surface area contributed by atoms with Crippen LogP contribution in [0.15, 0.2) is 42.6 Å². The fourth-order valence-electron chi connectivity index (χ4n) is 3.10. The number of nitrogens with zero attached hydrogens (tertiary/aromatic N) is 2. The van der Waals surface area contributed by atoms with Crippen LogP contribution in [0.3, 0.4) is 0 Å². The van der Waals surface area contributed by atoms with E-state index in [0.29, 0.717) is 29.9 Å². The molecule has 24 heavy (non-hydrogen) atoms. The Morgan fingerprint density at radius 2 is 1.92 bits per heavy atom. The highest BCUT2D eigenvalue weighted by atomic mass is 16.2. The van der Waals surface area contributed by atoms with Crippen LogP contribution in [-0.4, -0.2) is 34.3 Å². The topological polar surface area (TPSA) is 62.3 Å². The predicted octanol–water partition coefficient (Wildman–Crippen LogP) is 2.04. The molecule has 2 amide bonds. The van der Waals surface area contributed by atoms with Gasteiger partial charge in [-0.05, 0) is 31.0 Å². The zero-order valence-electron chi connectivity index (χ0n) is 13.0. The molecule has 1 N–H and O–H groups in total. The Balaban J connectivity index is 1.71. The van der Waals surface area contributed by atoms with Gasteiger partial charge in [-0.2, -0.15) is 0 Å². The van der Waals surface area contributed by atoms with Crippen molar-refractivity contribution >= 4 is 17.6 Å². The number of hydrogen-bond acceptors (Lipinski definition) is 3. The number of amides is 2. The number of fused-ring (bicyclic) bond motifs is 2. The average molecular weight is 317 g/mol. The Morgan fingerprint density at radius 1 is 1.12 bits per heavy atom. The molecule has 3 heterocycles. The summed E-state index contributed by atoms with van der Waals surface area (Å²) in [7, 11) is 0. The lowest BCUT2D eigenvalue weighted by Crippen LogP contribution is -2.40. The summed E-state index contributed by atoms with van der Waals surface area (Å²) >= 11 is 0. The third kappa shape index (κ3) is 2.52. The molecule has 118 valence electrons. The molecule has 1 saturated heterocycles. The molecule has 0 saturated carbocycles. The quantitative estimate of drug-likeness (QED) is 0.756. The van der Waals surface area contributed by atoms with Crippen LogP contribution >= 0.6 is 0 Å². The van der Waals surface area contributed by atoms with Crippen molar-refractivity contribution < 1.29 is 9.59 Å². The molecule has 5 heteroatoms. The number of benzene rings is 1. The normalized spacial score (nSPS) is 18.8. The molecule has 4 rings (SSSR count). The SMILES string of the molecule is O=C1Nc2ncc(C#Cc3ccccc3)cc2C(=O)N2CCC[C@@H]12. The van der Waals surface area contributed by atoms with Crippen molar-refractivity contribution in [2.24, 2.45) is 0 Å². The minimum Gasteiger partial charge on any atom is -0.326 e. The standard InChI is InChI=1S/C19H15N3O2/c23-18-16-7-4-10-22(16)19(24)15-11-14(12-20-17(15)21-18)9-8-13-5-2-1-3-6-13/h1-3,5-6,11-12,16H,4,7,10H2,(H,20,21,23)/t16-/m0/s1. The van der Waals surface area contributed by atoms with Gasteiger partial charge in [-0.25, -0.2) is 4.98 Å². The summed E-state index contributed by atoms with van der Waals surface area (Å²) in [6, 6.07) is 10.9. The molecule has 0 radical (unpaired) electrons. The van der Waals surface area contributed by atoms with E-state index in [1.807, 2.05) is 30.3 Å². The van der Waals surface area contributed by atoms with Gasteiger partial charge in [0.2, 0.25) is 5.91 Å². The number of rotatable bonds is 0. The highest BCUT2D eigenvalue weighted by Crippen LogP contribution is 2.27. The smallest absolute Gasteiger partial charge is 0.258 e. The fraction of sp³-hybridized carbons (Fsp3) is 0.211. The van der Waals surface area contributed by atoms with Gasteiger partial charge in [-0.15, -0.1) is 0 Å². The lowest BCUT2D eigenvalue weighted by molar-refractivity contribution is -0.119. The largest absolute Gasteiger partial charge is 0.326 e. The summed E-state index contributed by atoms with van der Waals surface area (Å²) in [5, 5.41) is 2.76. The van der Waals surface area contributed by atoms with Crippen molar-refractivity contribution in [3.8, 4) is 11.8 Å². The van der Waals surface area contributed by atoms with Gasteiger partial charge in [-0.3, -0.25) is 9.59 Å². The van der Waals surface area contributed by atoms with Gasteiger partial charge in [0.25, 0.3) is 5.91 Å². The third-order valence-corrected chi connectivity index (χ3v) is 4.30. The van der Waals surface area contributed by atoms with E-state index >= 15 is 0 Å². The van der Waals surface area contributed by atoms with Crippen LogP contribution in [0.25, 0.3) is 0 Å². The highest BCUT2D eigenvalue weighted by molar-refractivity contribution is 6.09. The third-order valence-electron chi connectivity index (χ3n) is 4.30. The highest BCUT2D eigenvalue weighted by Gasteiger charge is 2.38. The van der Waals surface area contributed by atoms with Gasteiger partial charge in [-0.1, -0.05) is 30.0 Å². The number of nitrogens with one attached hydrogen (secondary N) is 1. The molecule has 2 aromatic rings. The summed E-state index contributed by atoms with van der Waals surface area (Å²) in [4.78, 5) is 30.8. The van der Waals surface area contributed by atoms with Crippen LogP contribution in [0.2, 0.25) is 0 Å². The maximum Gasteiger partial charge on any atom is 0.258 e. The number of aromatic nitrogens is 1. The van der Waals surface area contributed by atoms with E-state index in [9.17, 15) is 9.59 Å². The van der Waals surface area contributed by atoms with Gasteiger partial charge in [0.15, 0.2) is 0 Å². The molecule has 5 nitrogen and oxygen atoms in total. The van der Waals surface area contributed by atoms with E-state index in [2.05, 4.69) is 22.1 Å². The van der Waals surface area contributed by atoms with Crippen LogP contribution in [0.1, 0.15) is 34.3 Å². The van der Waals surface area contributed by atoms with Gasteiger partial charge in [0.05, 0.1) is 5.56 Å². The van der Waals surface area contributed by atoms with Crippen molar-refractivity contribution in [2.75, 3.05) is 11.9 Å². The molecule has 0 spiro atoms. The summed E-state index contributed by atoms with van der Waals surface area (Å²) in [6.45, 7) is 0.607. The van der Waals surface area contributed by atoms with E-state index in [4.69, 9.17) is 0 Å². The van der Waals surface area contributed by atoms with Crippen LogP contribution in [-0.2, 0) is 4.79 Å². The molecule has 0 bridgehead atoms. The molecule has 0 aliphatic carbocycles.